The van der Waals surface area contributed by atoms with Gasteiger partial charge >= 0.3 is 0 Å². The number of aromatic nitrogens is 1. The largest absolute Gasteiger partial charge is 0.496 e. The molecule has 1 heterocycles. The summed E-state index contributed by atoms with van der Waals surface area (Å²) < 4.78 is 5.17. The third-order valence-electron chi connectivity index (χ3n) is 3.35. The van der Waals surface area contributed by atoms with Gasteiger partial charge in [0.25, 0.3) is 0 Å². The van der Waals surface area contributed by atoms with E-state index >= 15 is 0 Å². The van der Waals surface area contributed by atoms with Crippen molar-refractivity contribution in [1.82, 2.24) is 4.98 Å². The summed E-state index contributed by atoms with van der Waals surface area (Å²) in [5, 5.41) is 2.19. The Labute approximate surface area is 116 Å². The van der Waals surface area contributed by atoms with Crippen LogP contribution in [0.15, 0.2) is 54.9 Å². The third-order valence-corrected chi connectivity index (χ3v) is 3.35. The van der Waals surface area contributed by atoms with Crippen LogP contribution >= 0.6 is 0 Å². The highest BCUT2D eigenvalue weighted by Gasteiger charge is 2.07. The summed E-state index contributed by atoms with van der Waals surface area (Å²) >= 11 is 0. The normalized spacial score (nSPS) is 10.4. The Bertz CT molecular complexity index is 776. The van der Waals surface area contributed by atoms with Crippen LogP contribution in [0.2, 0.25) is 0 Å². The standard InChI is InChI=1S/C17H13NO2/c1-20-17-6-5-12(9-14(17)11-19)15-4-2-3-13-10-18-8-7-16(13)15/h2-11H,1H3. The van der Waals surface area contributed by atoms with Crippen molar-refractivity contribution >= 4 is 17.1 Å². The predicted octanol–water partition coefficient (Wildman–Crippen LogP) is 3.72. The van der Waals surface area contributed by atoms with Crippen LogP contribution in [-0.4, -0.2) is 18.4 Å². The van der Waals surface area contributed by atoms with Crippen LogP contribution in [0.4, 0.5) is 0 Å². The van der Waals surface area contributed by atoms with Crippen LogP contribution in [0, 0.1) is 0 Å². The number of benzene rings is 2. The van der Waals surface area contributed by atoms with Crippen molar-refractivity contribution in [2.24, 2.45) is 0 Å². The number of fused-ring (bicyclic) bond motifs is 1. The van der Waals surface area contributed by atoms with Gasteiger partial charge in [0.2, 0.25) is 0 Å². The van der Waals surface area contributed by atoms with Crippen molar-refractivity contribution in [1.29, 1.82) is 0 Å². The zero-order chi connectivity index (χ0) is 13.9. The van der Waals surface area contributed by atoms with Crippen LogP contribution in [0.25, 0.3) is 21.9 Å². The first-order chi connectivity index (χ1) is 9.83. The molecule has 0 saturated heterocycles. The van der Waals surface area contributed by atoms with E-state index in [1.54, 1.807) is 13.3 Å². The number of pyridine rings is 1. The second-order valence-electron chi connectivity index (χ2n) is 4.48. The monoisotopic (exact) mass is 263 g/mol. The van der Waals surface area contributed by atoms with E-state index in [0.717, 1.165) is 28.2 Å². The summed E-state index contributed by atoms with van der Waals surface area (Å²) in [4.78, 5) is 15.3. The molecular weight excluding hydrogens is 250 g/mol. The van der Waals surface area contributed by atoms with Gasteiger partial charge in [0.1, 0.15) is 5.75 Å². The molecule has 0 aliphatic heterocycles. The second-order valence-corrected chi connectivity index (χ2v) is 4.48. The van der Waals surface area contributed by atoms with Gasteiger partial charge in [0.15, 0.2) is 6.29 Å². The summed E-state index contributed by atoms with van der Waals surface area (Å²) in [6.45, 7) is 0. The first-order valence-electron chi connectivity index (χ1n) is 6.30. The molecule has 0 aliphatic carbocycles. The van der Waals surface area contributed by atoms with Gasteiger partial charge in [-0.1, -0.05) is 24.3 Å². The number of ether oxygens (including phenoxy) is 1. The van der Waals surface area contributed by atoms with Crippen molar-refractivity contribution in [2.45, 2.75) is 0 Å². The van der Waals surface area contributed by atoms with Gasteiger partial charge in [-0.05, 0) is 34.7 Å². The molecule has 0 spiro atoms. The van der Waals surface area contributed by atoms with Crippen molar-refractivity contribution in [2.75, 3.05) is 7.11 Å². The van der Waals surface area contributed by atoms with E-state index in [1.165, 1.54) is 0 Å². The van der Waals surface area contributed by atoms with Gasteiger partial charge in [-0.2, -0.15) is 0 Å². The van der Waals surface area contributed by atoms with Crippen molar-refractivity contribution in [3.05, 3.63) is 60.4 Å². The lowest BCUT2D eigenvalue weighted by Crippen LogP contribution is -1.91. The molecule has 3 aromatic rings. The fourth-order valence-electron chi connectivity index (χ4n) is 2.37. The van der Waals surface area contributed by atoms with Gasteiger partial charge in [-0.15, -0.1) is 0 Å². The van der Waals surface area contributed by atoms with E-state index < -0.39 is 0 Å². The highest BCUT2D eigenvalue weighted by Crippen LogP contribution is 2.30. The highest BCUT2D eigenvalue weighted by molar-refractivity contribution is 5.97. The molecule has 0 fully saturated rings. The zero-order valence-corrected chi connectivity index (χ0v) is 11.0. The highest BCUT2D eigenvalue weighted by atomic mass is 16.5. The number of nitrogens with zero attached hydrogens (tertiary/aromatic N) is 1. The van der Waals surface area contributed by atoms with Crippen LogP contribution in [0.3, 0.4) is 0 Å². The lowest BCUT2D eigenvalue weighted by molar-refractivity contribution is 0.112. The maximum Gasteiger partial charge on any atom is 0.153 e. The molecule has 98 valence electrons. The zero-order valence-electron chi connectivity index (χ0n) is 11.0. The molecule has 0 bridgehead atoms. The summed E-state index contributed by atoms with van der Waals surface area (Å²) in [6, 6.07) is 13.7. The quantitative estimate of drug-likeness (QED) is 0.676. The van der Waals surface area contributed by atoms with E-state index in [2.05, 4.69) is 4.98 Å². The fourth-order valence-corrected chi connectivity index (χ4v) is 2.37. The molecule has 0 amide bonds. The predicted molar refractivity (Wildman–Crippen MR) is 79.1 cm³/mol. The van der Waals surface area contributed by atoms with E-state index in [4.69, 9.17) is 4.74 Å². The number of hydrogen-bond donors (Lipinski definition) is 0. The summed E-state index contributed by atoms with van der Waals surface area (Å²) in [5.74, 6) is 0.589. The molecule has 0 radical (unpaired) electrons. The average molecular weight is 263 g/mol. The second kappa shape index (κ2) is 5.13. The van der Waals surface area contributed by atoms with Crippen LogP contribution in [-0.2, 0) is 0 Å². The number of aldehydes is 1. The molecule has 0 unspecified atom stereocenters. The molecule has 0 aliphatic rings. The van der Waals surface area contributed by atoms with Crippen molar-refractivity contribution in [3.63, 3.8) is 0 Å². The van der Waals surface area contributed by atoms with Crippen molar-refractivity contribution in [3.8, 4) is 16.9 Å². The minimum Gasteiger partial charge on any atom is -0.496 e. The van der Waals surface area contributed by atoms with Gasteiger partial charge in [-0.25, -0.2) is 0 Å². The first-order valence-corrected chi connectivity index (χ1v) is 6.30. The molecule has 2 aromatic carbocycles. The molecule has 3 heteroatoms. The third kappa shape index (κ3) is 2.03. The summed E-state index contributed by atoms with van der Waals surface area (Å²) in [6.07, 6.45) is 4.42. The number of rotatable bonds is 3. The van der Waals surface area contributed by atoms with Crippen LogP contribution in [0.1, 0.15) is 10.4 Å². The Hall–Kier alpha value is -2.68. The lowest BCUT2D eigenvalue weighted by atomic mass is 9.98. The minimum atomic E-state index is 0.552. The minimum absolute atomic E-state index is 0.552. The summed E-state index contributed by atoms with van der Waals surface area (Å²) in [7, 11) is 1.56. The van der Waals surface area contributed by atoms with Crippen LogP contribution < -0.4 is 4.74 Å². The van der Waals surface area contributed by atoms with Gasteiger partial charge in [-0.3, -0.25) is 9.78 Å². The first kappa shape index (κ1) is 12.4. The Kier molecular flexibility index (Phi) is 3.17. The summed E-state index contributed by atoms with van der Waals surface area (Å²) in [5.41, 5.74) is 2.62. The van der Waals surface area contributed by atoms with E-state index in [1.807, 2.05) is 48.7 Å². The maximum absolute atomic E-state index is 11.1. The van der Waals surface area contributed by atoms with Crippen LogP contribution in [0.5, 0.6) is 5.75 Å². The van der Waals surface area contributed by atoms with E-state index in [0.29, 0.717) is 11.3 Å². The molecule has 3 nitrogen and oxygen atoms in total. The van der Waals surface area contributed by atoms with Gasteiger partial charge in [0.05, 0.1) is 12.7 Å². The smallest absolute Gasteiger partial charge is 0.153 e. The molecular formula is C17H13NO2. The maximum atomic E-state index is 11.1. The molecule has 0 saturated carbocycles. The average Bonchev–Trinajstić information content (AvgIpc) is 2.53. The molecule has 3 rings (SSSR count). The number of hydrogen-bond acceptors (Lipinski definition) is 3. The molecule has 0 atom stereocenters. The van der Waals surface area contributed by atoms with Gasteiger partial charge in [0, 0.05) is 17.8 Å². The molecule has 1 aromatic heterocycles. The Morgan fingerprint density at radius 3 is 2.85 bits per heavy atom. The molecule has 0 N–H and O–H groups in total. The molecule has 20 heavy (non-hydrogen) atoms. The number of methoxy groups -OCH3 is 1. The van der Waals surface area contributed by atoms with Crippen molar-refractivity contribution < 1.29 is 9.53 Å². The lowest BCUT2D eigenvalue weighted by Gasteiger charge is -2.09. The topological polar surface area (TPSA) is 39.2 Å². The number of carbonyl (C=O) groups is 1. The fraction of sp³-hybridized carbons (Fsp3) is 0.0588. The van der Waals surface area contributed by atoms with Gasteiger partial charge < -0.3 is 4.74 Å². The number of carbonyl (C=O) groups excluding carboxylic acids is 1. The Balaban J connectivity index is 2.23. The Morgan fingerprint density at radius 2 is 2.05 bits per heavy atom. The SMILES string of the molecule is COc1ccc(-c2cccc3cnccc23)cc1C=O. The van der Waals surface area contributed by atoms with E-state index in [9.17, 15) is 4.79 Å². The van der Waals surface area contributed by atoms with E-state index in [-0.39, 0.29) is 0 Å². The Morgan fingerprint density at radius 1 is 1.15 bits per heavy atom.